The summed E-state index contributed by atoms with van der Waals surface area (Å²) in [6.07, 6.45) is 2.15. The first-order valence-corrected chi connectivity index (χ1v) is 11.2. The molecule has 7 nitrogen and oxygen atoms in total. The molecular formula is C27H28N4O3. The van der Waals surface area contributed by atoms with Crippen LogP contribution in [0.4, 0.5) is 17.1 Å². The van der Waals surface area contributed by atoms with E-state index in [9.17, 15) is 0 Å². The van der Waals surface area contributed by atoms with Crippen LogP contribution < -0.4 is 25.1 Å². The molecule has 7 heteroatoms. The second-order valence-electron chi connectivity index (χ2n) is 8.41. The number of methoxy groups -OCH3 is 2. The number of nitrogens with zero attached hydrogens (tertiary/aromatic N) is 2. The molecule has 0 spiro atoms. The Kier molecular flexibility index (Phi) is 5.86. The number of fused-ring (bicyclic) bond motifs is 5. The lowest BCUT2D eigenvalue weighted by Crippen LogP contribution is -2.20. The molecule has 1 aliphatic heterocycles. The smallest absolute Gasteiger partial charge is 0.161 e. The van der Waals surface area contributed by atoms with Crippen molar-refractivity contribution in [3.05, 3.63) is 71.3 Å². The van der Waals surface area contributed by atoms with Gasteiger partial charge in [-0.15, -0.1) is 0 Å². The first-order valence-electron chi connectivity index (χ1n) is 11.2. The molecule has 0 unspecified atom stereocenters. The van der Waals surface area contributed by atoms with Crippen molar-refractivity contribution in [2.45, 2.75) is 0 Å². The molecule has 1 aliphatic carbocycles. The van der Waals surface area contributed by atoms with Gasteiger partial charge in [0.1, 0.15) is 18.0 Å². The third-order valence-electron chi connectivity index (χ3n) is 5.91. The normalized spacial score (nSPS) is 13.0. The van der Waals surface area contributed by atoms with Crippen molar-refractivity contribution >= 4 is 34.4 Å². The Bertz CT molecular complexity index is 1280. The van der Waals surface area contributed by atoms with Crippen molar-refractivity contribution in [1.29, 1.82) is 0 Å². The van der Waals surface area contributed by atoms with Crippen molar-refractivity contribution in [2.24, 2.45) is 4.99 Å². The van der Waals surface area contributed by atoms with Gasteiger partial charge >= 0.3 is 0 Å². The number of anilines is 2. The molecule has 1 heterocycles. The highest BCUT2D eigenvalue weighted by Crippen LogP contribution is 2.50. The molecule has 0 radical (unpaired) electrons. The molecule has 0 amide bonds. The van der Waals surface area contributed by atoms with Gasteiger partial charge in [-0.3, -0.25) is 5.43 Å². The van der Waals surface area contributed by atoms with Gasteiger partial charge in [0.25, 0.3) is 0 Å². The second kappa shape index (κ2) is 9.11. The summed E-state index contributed by atoms with van der Waals surface area (Å²) in [4.78, 5) is 7.07. The minimum Gasteiger partial charge on any atom is -0.493 e. The van der Waals surface area contributed by atoms with E-state index in [0.717, 1.165) is 57.3 Å². The summed E-state index contributed by atoms with van der Waals surface area (Å²) >= 11 is 0. The quantitative estimate of drug-likeness (QED) is 0.438. The fourth-order valence-corrected chi connectivity index (χ4v) is 4.20. The molecule has 2 aliphatic rings. The maximum atomic E-state index is 6.20. The highest BCUT2D eigenvalue weighted by Gasteiger charge is 2.33. The number of ether oxygens (including phenoxy) is 3. The summed E-state index contributed by atoms with van der Waals surface area (Å²) in [6, 6.07) is 18.0. The van der Waals surface area contributed by atoms with Crippen LogP contribution in [-0.4, -0.2) is 52.1 Å². The monoisotopic (exact) mass is 456 g/mol. The number of benzene rings is 3. The predicted molar refractivity (Wildman–Crippen MR) is 138 cm³/mol. The summed E-state index contributed by atoms with van der Waals surface area (Å²) in [5.41, 5.74) is 14.5. The molecule has 0 saturated heterocycles. The van der Waals surface area contributed by atoms with Gasteiger partial charge in [0.2, 0.25) is 0 Å². The third kappa shape index (κ3) is 3.95. The third-order valence-corrected chi connectivity index (χ3v) is 5.91. The maximum Gasteiger partial charge on any atom is 0.161 e. The Morgan fingerprint density at radius 2 is 1.65 bits per heavy atom. The number of para-hydroxylation sites is 1. The molecule has 0 fully saturated rings. The molecule has 3 aromatic carbocycles. The number of hydrogen-bond acceptors (Lipinski definition) is 7. The van der Waals surface area contributed by atoms with Crippen molar-refractivity contribution in [3.8, 4) is 17.2 Å². The van der Waals surface area contributed by atoms with E-state index in [-0.39, 0.29) is 0 Å². The van der Waals surface area contributed by atoms with Crippen molar-refractivity contribution in [2.75, 3.05) is 52.3 Å². The van der Waals surface area contributed by atoms with Crippen molar-refractivity contribution < 1.29 is 14.2 Å². The number of nitrogens with one attached hydrogen (secondary N) is 2. The summed E-state index contributed by atoms with van der Waals surface area (Å²) in [6.45, 7) is 1.39. The van der Waals surface area contributed by atoms with E-state index in [0.29, 0.717) is 18.1 Å². The van der Waals surface area contributed by atoms with E-state index in [1.54, 1.807) is 14.2 Å². The van der Waals surface area contributed by atoms with Gasteiger partial charge in [-0.2, -0.15) is 0 Å². The number of rotatable bonds is 9. The highest BCUT2D eigenvalue weighted by atomic mass is 16.5. The van der Waals surface area contributed by atoms with E-state index >= 15 is 0 Å². The van der Waals surface area contributed by atoms with E-state index in [1.807, 2.05) is 68.7 Å². The van der Waals surface area contributed by atoms with Gasteiger partial charge in [0.05, 0.1) is 31.3 Å². The highest BCUT2D eigenvalue weighted by molar-refractivity contribution is 6.44. The maximum absolute atomic E-state index is 6.20. The average molecular weight is 457 g/mol. The van der Waals surface area contributed by atoms with Crippen LogP contribution in [0.1, 0.15) is 16.7 Å². The van der Waals surface area contributed by atoms with Crippen LogP contribution in [0.15, 0.2) is 59.6 Å². The number of hydrazine groups is 1. The van der Waals surface area contributed by atoms with E-state index in [4.69, 9.17) is 19.2 Å². The summed E-state index contributed by atoms with van der Waals surface area (Å²) in [7, 11) is 7.36. The van der Waals surface area contributed by atoms with Crippen molar-refractivity contribution in [1.82, 2.24) is 4.90 Å². The number of allylic oxidation sites excluding steroid dienone is 1. The van der Waals surface area contributed by atoms with Crippen LogP contribution in [0, 0.1) is 0 Å². The van der Waals surface area contributed by atoms with E-state index in [1.165, 1.54) is 0 Å². The van der Waals surface area contributed by atoms with Gasteiger partial charge in [0, 0.05) is 23.2 Å². The van der Waals surface area contributed by atoms with Gasteiger partial charge in [0.15, 0.2) is 11.5 Å². The van der Waals surface area contributed by atoms with Crippen LogP contribution in [0.3, 0.4) is 0 Å². The zero-order valence-electron chi connectivity index (χ0n) is 19.8. The van der Waals surface area contributed by atoms with Gasteiger partial charge in [-0.1, -0.05) is 18.2 Å². The van der Waals surface area contributed by atoms with Gasteiger partial charge in [-0.05, 0) is 62.1 Å². The number of aliphatic imine (C=N–C) groups is 1. The molecular weight excluding hydrogens is 428 g/mol. The van der Waals surface area contributed by atoms with Crippen LogP contribution in [0.25, 0.3) is 11.6 Å². The fourth-order valence-electron chi connectivity index (χ4n) is 4.20. The molecule has 0 aromatic heterocycles. The summed E-state index contributed by atoms with van der Waals surface area (Å²) in [5.74, 6) is 2.16. The molecule has 2 N–H and O–H groups in total. The Morgan fingerprint density at radius 3 is 2.38 bits per heavy atom. The summed E-state index contributed by atoms with van der Waals surface area (Å²) in [5, 5.41) is 0. The fraction of sp³-hybridized carbons (Fsp3) is 0.222. The Labute approximate surface area is 199 Å². The van der Waals surface area contributed by atoms with Crippen LogP contribution in [0.2, 0.25) is 0 Å². The molecule has 0 bridgehead atoms. The number of likely N-dealkylation sites (N-methyl/N-ethyl adjacent to an activating group) is 1. The van der Waals surface area contributed by atoms with Crippen LogP contribution >= 0.6 is 0 Å². The molecule has 0 atom stereocenters. The first-order chi connectivity index (χ1) is 16.6. The van der Waals surface area contributed by atoms with Crippen LogP contribution in [0.5, 0.6) is 17.2 Å². The lowest BCUT2D eigenvalue weighted by atomic mass is 10.0. The molecule has 5 rings (SSSR count). The predicted octanol–water partition coefficient (Wildman–Crippen LogP) is 5.07. The second-order valence-corrected chi connectivity index (χ2v) is 8.41. The lowest BCUT2D eigenvalue weighted by Gasteiger charge is -2.19. The average Bonchev–Trinajstić information content (AvgIpc) is 3.38. The zero-order chi connectivity index (χ0) is 23.7. The largest absolute Gasteiger partial charge is 0.493 e. The molecule has 34 heavy (non-hydrogen) atoms. The minimum absolute atomic E-state index is 0.577. The molecule has 0 saturated carbocycles. The lowest BCUT2D eigenvalue weighted by molar-refractivity contribution is 0.262. The van der Waals surface area contributed by atoms with Gasteiger partial charge < -0.3 is 24.5 Å². The molecule has 3 aromatic rings. The SMILES string of the molecule is COc1cc2c(cc1OC)C1=Nc3ccc(OCCN(C)C)c(NNc4ccccc4)c3C1=C2. The molecule has 174 valence electrons. The topological polar surface area (TPSA) is 67.3 Å². The first kappa shape index (κ1) is 21.9. The Hall–Kier alpha value is -3.97. The van der Waals surface area contributed by atoms with Gasteiger partial charge in [-0.25, -0.2) is 4.99 Å². The Balaban J connectivity index is 1.54. The summed E-state index contributed by atoms with van der Waals surface area (Å²) < 4.78 is 17.2. The number of hydrogen-bond donors (Lipinski definition) is 2. The zero-order valence-corrected chi connectivity index (χ0v) is 19.8. The van der Waals surface area contributed by atoms with E-state index in [2.05, 4.69) is 21.8 Å². The standard InChI is InChI=1S/C27H28N4O3/c1-31(2)12-13-34-22-11-10-21-25(27(22)30-29-18-8-6-5-7-9-18)20-14-17-15-23(32-3)24(33-4)16-19(17)26(20)28-21/h5-11,14-16,29-30H,12-13H2,1-4H3. The van der Waals surface area contributed by atoms with Crippen molar-refractivity contribution in [3.63, 3.8) is 0 Å². The van der Waals surface area contributed by atoms with E-state index < -0.39 is 0 Å². The minimum atomic E-state index is 0.577. The van der Waals surface area contributed by atoms with Crippen LogP contribution in [-0.2, 0) is 0 Å². The Morgan fingerprint density at radius 1 is 0.882 bits per heavy atom.